The first-order valence-electron chi connectivity index (χ1n) is 7.16. The lowest BCUT2D eigenvalue weighted by molar-refractivity contribution is 0.830. The third-order valence-electron chi connectivity index (χ3n) is 4.00. The van der Waals surface area contributed by atoms with Gasteiger partial charge < -0.3 is 4.90 Å². The molecule has 0 bridgehead atoms. The Morgan fingerprint density at radius 2 is 1.74 bits per heavy atom. The van der Waals surface area contributed by atoms with Crippen molar-refractivity contribution in [2.45, 2.75) is 32.7 Å². The maximum atomic E-state index is 2.49. The molecule has 1 nitrogen and oxygen atoms in total. The fourth-order valence-electron chi connectivity index (χ4n) is 2.80. The van der Waals surface area contributed by atoms with Crippen molar-refractivity contribution >= 4 is 5.69 Å². The first-order valence-corrected chi connectivity index (χ1v) is 7.16. The van der Waals surface area contributed by atoms with E-state index in [4.69, 9.17) is 0 Å². The molecule has 1 aliphatic rings. The Hall–Kier alpha value is -1.76. The van der Waals surface area contributed by atoms with Crippen LogP contribution >= 0.6 is 0 Å². The number of rotatable bonds is 3. The van der Waals surface area contributed by atoms with Gasteiger partial charge in [-0.05, 0) is 35.1 Å². The van der Waals surface area contributed by atoms with Gasteiger partial charge in [0.25, 0.3) is 0 Å². The van der Waals surface area contributed by atoms with Crippen LogP contribution in [-0.2, 0) is 13.0 Å². The molecule has 19 heavy (non-hydrogen) atoms. The van der Waals surface area contributed by atoms with Crippen molar-refractivity contribution in [2.75, 3.05) is 11.4 Å². The molecule has 0 N–H and O–H groups in total. The Bertz CT molecular complexity index is 554. The van der Waals surface area contributed by atoms with Gasteiger partial charge in [0.05, 0.1) is 0 Å². The Kier molecular flexibility index (Phi) is 3.29. The largest absolute Gasteiger partial charge is 0.367 e. The first kappa shape index (κ1) is 12.3. The first-order chi connectivity index (χ1) is 9.24. The van der Waals surface area contributed by atoms with E-state index in [0.717, 1.165) is 13.1 Å². The second kappa shape index (κ2) is 5.08. The molecule has 3 rings (SSSR count). The number of anilines is 1. The zero-order chi connectivity index (χ0) is 13.2. The van der Waals surface area contributed by atoms with Crippen molar-refractivity contribution in [1.82, 2.24) is 0 Å². The van der Waals surface area contributed by atoms with Gasteiger partial charge in [0.1, 0.15) is 0 Å². The van der Waals surface area contributed by atoms with Crippen molar-refractivity contribution in [3.63, 3.8) is 0 Å². The Morgan fingerprint density at radius 1 is 1.00 bits per heavy atom. The quantitative estimate of drug-likeness (QED) is 0.783. The summed E-state index contributed by atoms with van der Waals surface area (Å²) >= 11 is 0. The maximum absolute atomic E-state index is 2.49. The summed E-state index contributed by atoms with van der Waals surface area (Å²) in [5.74, 6) is 0.613. The van der Waals surface area contributed by atoms with Crippen LogP contribution in [0.3, 0.4) is 0 Å². The molecule has 0 spiro atoms. The standard InChI is InChI=1S/C18H21N/c1-14(2)16-9-7-15(8-10-16)13-19-12-11-17-5-3-4-6-18(17)19/h3-10,14H,11-13H2,1-2H3. The van der Waals surface area contributed by atoms with Gasteiger partial charge in [-0.2, -0.15) is 0 Å². The minimum absolute atomic E-state index is 0.613. The summed E-state index contributed by atoms with van der Waals surface area (Å²) in [5, 5.41) is 0. The minimum atomic E-state index is 0.613. The molecule has 0 fully saturated rings. The molecule has 1 heteroatoms. The van der Waals surface area contributed by atoms with E-state index >= 15 is 0 Å². The fourth-order valence-corrected chi connectivity index (χ4v) is 2.80. The monoisotopic (exact) mass is 251 g/mol. The van der Waals surface area contributed by atoms with Crippen molar-refractivity contribution in [2.24, 2.45) is 0 Å². The highest BCUT2D eigenvalue weighted by Gasteiger charge is 2.17. The van der Waals surface area contributed by atoms with Gasteiger partial charge in [-0.15, -0.1) is 0 Å². The third-order valence-corrected chi connectivity index (χ3v) is 4.00. The van der Waals surface area contributed by atoms with Gasteiger partial charge in [-0.1, -0.05) is 56.3 Å². The van der Waals surface area contributed by atoms with Crippen molar-refractivity contribution in [3.8, 4) is 0 Å². The van der Waals surface area contributed by atoms with Crippen LogP contribution in [-0.4, -0.2) is 6.54 Å². The molecule has 98 valence electrons. The van der Waals surface area contributed by atoms with E-state index in [9.17, 15) is 0 Å². The van der Waals surface area contributed by atoms with Crippen LogP contribution in [0.15, 0.2) is 48.5 Å². The van der Waals surface area contributed by atoms with Gasteiger partial charge in [0.2, 0.25) is 0 Å². The molecule has 0 saturated heterocycles. The molecular formula is C18H21N. The zero-order valence-electron chi connectivity index (χ0n) is 11.8. The summed E-state index contributed by atoms with van der Waals surface area (Å²) in [4.78, 5) is 2.49. The number of benzene rings is 2. The lowest BCUT2D eigenvalue weighted by Gasteiger charge is -2.19. The number of hydrogen-bond donors (Lipinski definition) is 0. The van der Waals surface area contributed by atoms with E-state index in [1.807, 2.05) is 0 Å². The highest BCUT2D eigenvalue weighted by molar-refractivity contribution is 5.58. The molecule has 0 aromatic heterocycles. The molecule has 2 aromatic carbocycles. The number of nitrogens with zero attached hydrogens (tertiary/aromatic N) is 1. The topological polar surface area (TPSA) is 3.24 Å². The van der Waals surface area contributed by atoms with E-state index in [-0.39, 0.29) is 0 Å². The van der Waals surface area contributed by atoms with E-state index in [2.05, 4.69) is 67.3 Å². The second-order valence-corrected chi connectivity index (χ2v) is 5.70. The van der Waals surface area contributed by atoms with Gasteiger partial charge in [-0.25, -0.2) is 0 Å². The summed E-state index contributed by atoms with van der Waals surface area (Å²) < 4.78 is 0. The third kappa shape index (κ3) is 2.51. The van der Waals surface area contributed by atoms with E-state index in [1.54, 1.807) is 0 Å². The molecule has 0 unspecified atom stereocenters. The molecule has 1 aliphatic heterocycles. The molecule has 1 heterocycles. The van der Waals surface area contributed by atoms with Crippen LogP contribution < -0.4 is 4.90 Å². The number of hydrogen-bond acceptors (Lipinski definition) is 1. The summed E-state index contributed by atoms with van der Waals surface area (Å²) in [6, 6.07) is 17.8. The van der Waals surface area contributed by atoms with Gasteiger partial charge in [0.15, 0.2) is 0 Å². The van der Waals surface area contributed by atoms with Crippen LogP contribution in [0.1, 0.15) is 36.5 Å². The highest BCUT2D eigenvalue weighted by Crippen LogP contribution is 2.29. The predicted molar refractivity (Wildman–Crippen MR) is 81.7 cm³/mol. The van der Waals surface area contributed by atoms with Gasteiger partial charge in [0, 0.05) is 18.8 Å². The van der Waals surface area contributed by atoms with Crippen LogP contribution in [0.2, 0.25) is 0 Å². The van der Waals surface area contributed by atoms with Gasteiger partial charge in [-0.3, -0.25) is 0 Å². The number of fused-ring (bicyclic) bond motifs is 1. The van der Waals surface area contributed by atoms with Crippen LogP contribution in [0.4, 0.5) is 5.69 Å². The predicted octanol–water partition coefficient (Wildman–Crippen LogP) is 4.37. The van der Waals surface area contributed by atoms with Gasteiger partial charge >= 0.3 is 0 Å². The Balaban J connectivity index is 1.76. The lowest BCUT2D eigenvalue weighted by atomic mass is 10.0. The Labute approximate surface area is 115 Å². The van der Waals surface area contributed by atoms with E-state index < -0.39 is 0 Å². The van der Waals surface area contributed by atoms with Crippen LogP contribution in [0.25, 0.3) is 0 Å². The van der Waals surface area contributed by atoms with E-state index in [1.165, 1.54) is 28.8 Å². The summed E-state index contributed by atoms with van der Waals surface area (Å²) in [6.07, 6.45) is 1.18. The molecule has 0 atom stereocenters. The number of para-hydroxylation sites is 1. The van der Waals surface area contributed by atoms with E-state index in [0.29, 0.717) is 5.92 Å². The lowest BCUT2D eigenvalue weighted by Crippen LogP contribution is -2.19. The molecular weight excluding hydrogens is 230 g/mol. The van der Waals surface area contributed by atoms with Crippen molar-refractivity contribution < 1.29 is 0 Å². The molecule has 2 aromatic rings. The van der Waals surface area contributed by atoms with Crippen LogP contribution in [0.5, 0.6) is 0 Å². The Morgan fingerprint density at radius 3 is 2.47 bits per heavy atom. The molecule has 0 aliphatic carbocycles. The fraction of sp³-hybridized carbons (Fsp3) is 0.333. The van der Waals surface area contributed by atoms with Crippen molar-refractivity contribution in [1.29, 1.82) is 0 Å². The minimum Gasteiger partial charge on any atom is -0.367 e. The smallest absolute Gasteiger partial charge is 0.0429 e. The zero-order valence-corrected chi connectivity index (χ0v) is 11.8. The van der Waals surface area contributed by atoms with Crippen molar-refractivity contribution in [3.05, 3.63) is 65.2 Å². The summed E-state index contributed by atoms with van der Waals surface area (Å²) in [7, 11) is 0. The average Bonchev–Trinajstić information content (AvgIpc) is 2.83. The maximum Gasteiger partial charge on any atom is 0.0429 e. The molecule has 0 saturated carbocycles. The molecule has 0 amide bonds. The highest BCUT2D eigenvalue weighted by atomic mass is 15.1. The van der Waals surface area contributed by atoms with Crippen LogP contribution in [0, 0.1) is 0 Å². The second-order valence-electron chi connectivity index (χ2n) is 5.70. The summed E-state index contributed by atoms with van der Waals surface area (Å²) in [5.41, 5.74) is 5.73. The summed E-state index contributed by atoms with van der Waals surface area (Å²) in [6.45, 7) is 6.65. The SMILES string of the molecule is CC(C)c1ccc(CN2CCc3ccccc32)cc1. The molecule has 0 radical (unpaired) electrons. The normalized spacial score (nSPS) is 13.9. The average molecular weight is 251 g/mol.